The van der Waals surface area contributed by atoms with Crippen molar-refractivity contribution in [2.75, 3.05) is 11.4 Å². The van der Waals surface area contributed by atoms with Crippen molar-refractivity contribution in [2.24, 2.45) is 5.73 Å². The number of anilines is 1. The minimum absolute atomic E-state index is 0.392. The molecule has 0 radical (unpaired) electrons. The molecule has 0 aliphatic heterocycles. The number of hydrogen-bond acceptors (Lipinski definition) is 2. The summed E-state index contributed by atoms with van der Waals surface area (Å²) in [5.41, 5.74) is 7.49. The number of rotatable bonds is 4. The molecule has 1 aliphatic rings. The smallest absolute Gasteiger partial charge is 0.104 e. The van der Waals surface area contributed by atoms with Gasteiger partial charge in [-0.05, 0) is 38.0 Å². The first kappa shape index (κ1) is 11.7. The number of halogens is 1. The quantitative estimate of drug-likeness (QED) is 0.838. The van der Waals surface area contributed by atoms with Crippen LogP contribution in [0.25, 0.3) is 0 Å². The van der Waals surface area contributed by atoms with Gasteiger partial charge in [0.05, 0.1) is 10.7 Å². The summed E-state index contributed by atoms with van der Waals surface area (Å²) in [6.07, 6.45) is 2.53. The molecule has 0 saturated heterocycles. The van der Waals surface area contributed by atoms with Gasteiger partial charge in [-0.1, -0.05) is 23.8 Å². The molecular formula is C12H15ClN2S. The van der Waals surface area contributed by atoms with Crippen LogP contribution in [0.5, 0.6) is 0 Å². The predicted octanol–water partition coefficient (Wildman–Crippen LogP) is 2.96. The monoisotopic (exact) mass is 254 g/mol. The fourth-order valence-electron chi connectivity index (χ4n) is 1.90. The van der Waals surface area contributed by atoms with Gasteiger partial charge in [-0.2, -0.15) is 0 Å². The second kappa shape index (κ2) is 4.60. The van der Waals surface area contributed by atoms with Crippen LogP contribution in [0.4, 0.5) is 5.69 Å². The molecule has 2 rings (SSSR count). The lowest BCUT2D eigenvalue weighted by Crippen LogP contribution is -2.25. The lowest BCUT2D eigenvalue weighted by molar-refractivity contribution is 0.826. The zero-order valence-corrected chi connectivity index (χ0v) is 10.8. The molecule has 86 valence electrons. The maximum Gasteiger partial charge on any atom is 0.104 e. The predicted molar refractivity (Wildman–Crippen MR) is 73.4 cm³/mol. The van der Waals surface area contributed by atoms with E-state index in [4.69, 9.17) is 29.6 Å². The van der Waals surface area contributed by atoms with Crippen LogP contribution in [0.2, 0.25) is 5.02 Å². The molecule has 1 aliphatic carbocycles. The van der Waals surface area contributed by atoms with Crippen LogP contribution in [0.3, 0.4) is 0 Å². The highest BCUT2D eigenvalue weighted by Crippen LogP contribution is 2.35. The highest BCUT2D eigenvalue weighted by atomic mass is 35.5. The molecule has 0 heterocycles. The summed E-state index contributed by atoms with van der Waals surface area (Å²) in [5.74, 6) is 0. The number of hydrogen-bond donors (Lipinski definition) is 1. The Hall–Kier alpha value is -0.800. The summed E-state index contributed by atoms with van der Waals surface area (Å²) in [6.45, 7) is 3.13. The maximum atomic E-state index is 6.26. The van der Waals surface area contributed by atoms with Crippen molar-refractivity contribution in [1.82, 2.24) is 0 Å². The van der Waals surface area contributed by atoms with E-state index in [0.29, 0.717) is 11.0 Å². The fraction of sp³-hybridized carbons (Fsp3) is 0.417. The molecule has 16 heavy (non-hydrogen) atoms. The number of nitrogens with two attached hydrogens (primary N) is 1. The van der Waals surface area contributed by atoms with E-state index in [1.54, 1.807) is 0 Å². The lowest BCUT2D eigenvalue weighted by atomic mass is 10.2. The van der Waals surface area contributed by atoms with Crippen molar-refractivity contribution in [3.63, 3.8) is 0 Å². The highest BCUT2D eigenvalue weighted by molar-refractivity contribution is 7.80. The number of thiocarbonyl (C=S) groups is 1. The molecule has 0 aromatic heterocycles. The largest absolute Gasteiger partial charge is 0.389 e. The third-order valence-electron chi connectivity index (χ3n) is 2.87. The Labute approximate surface area is 106 Å². The van der Waals surface area contributed by atoms with Crippen molar-refractivity contribution in [2.45, 2.75) is 25.8 Å². The maximum absolute atomic E-state index is 6.26. The molecule has 0 amide bonds. The molecule has 1 saturated carbocycles. The van der Waals surface area contributed by atoms with E-state index < -0.39 is 0 Å². The Morgan fingerprint density at radius 3 is 2.69 bits per heavy atom. The van der Waals surface area contributed by atoms with E-state index >= 15 is 0 Å². The summed E-state index contributed by atoms with van der Waals surface area (Å²) < 4.78 is 0. The molecule has 0 unspecified atom stereocenters. The van der Waals surface area contributed by atoms with Crippen molar-refractivity contribution in [3.8, 4) is 0 Å². The van der Waals surface area contributed by atoms with Crippen LogP contribution < -0.4 is 10.6 Å². The average Bonchev–Trinajstić information content (AvgIpc) is 3.05. The van der Waals surface area contributed by atoms with Crippen LogP contribution in [-0.4, -0.2) is 17.6 Å². The Bertz CT molecular complexity index is 415. The highest BCUT2D eigenvalue weighted by Gasteiger charge is 2.29. The van der Waals surface area contributed by atoms with Crippen molar-refractivity contribution >= 4 is 34.5 Å². The summed E-state index contributed by atoms with van der Waals surface area (Å²) in [4.78, 5) is 2.73. The summed E-state index contributed by atoms with van der Waals surface area (Å²) in [5, 5.41) is 0.735. The van der Waals surface area contributed by atoms with Crippen molar-refractivity contribution in [1.29, 1.82) is 0 Å². The van der Waals surface area contributed by atoms with Crippen LogP contribution in [0, 0.1) is 0 Å². The van der Waals surface area contributed by atoms with E-state index in [-0.39, 0.29) is 0 Å². The van der Waals surface area contributed by atoms with Gasteiger partial charge in [0.2, 0.25) is 0 Å². The van der Waals surface area contributed by atoms with Gasteiger partial charge in [-0.25, -0.2) is 0 Å². The van der Waals surface area contributed by atoms with Crippen LogP contribution >= 0.6 is 23.8 Å². The normalized spacial score (nSPS) is 14.9. The van der Waals surface area contributed by atoms with E-state index in [1.807, 2.05) is 18.2 Å². The second-order valence-corrected chi connectivity index (χ2v) is 4.89. The fourth-order valence-corrected chi connectivity index (χ4v) is 2.32. The summed E-state index contributed by atoms with van der Waals surface area (Å²) in [6, 6.07) is 6.47. The Kier molecular flexibility index (Phi) is 3.36. The summed E-state index contributed by atoms with van der Waals surface area (Å²) in [7, 11) is 0. The minimum atomic E-state index is 0.392. The summed E-state index contributed by atoms with van der Waals surface area (Å²) >= 11 is 11.2. The van der Waals surface area contributed by atoms with Gasteiger partial charge in [0, 0.05) is 18.2 Å². The third-order valence-corrected chi connectivity index (χ3v) is 3.41. The van der Waals surface area contributed by atoms with Gasteiger partial charge >= 0.3 is 0 Å². The lowest BCUT2D eigenvalue weighted by Gasteiger charge is -2.24. The van der Waals surface area contributed by atoms with Gasteiger partial charge in [-0.15, -0.1) is 0 Å². The van der Waals surface area contributed by atoms with E-state index in [2.05, 4.69) is 11.8 Å². The molecule has 0 atom stereocenters. The van der Waals surface area contributed by atoms with Gasteiger partial charge in [0.25, 0.3) is 0 Å². The van der Waals surface area contributed by atoms with E-state index in [9.17, 15) is 0 Å². The molecule has 2 nitrogen and oxygen atoms in total. The minimum Gasteiger partial charge on any atom is -0.389 e. The van der Waals surface area contributed by atoms with Gasteiger partial charge in [0.15, 0.2) is 0 Å². The van der Waals surface area contributed by atoms with Gasteiger partial charge in [-0.3, -0.25) is 0 Å². The van der Waals surface area contributed by atoms with Crippen LogP contribution in [-0.2, 0) is 0 Å². The van der Waals surface area contributed by atoms with Crippen LogP contribution in [0.15, 0.2) is 18.2 Å². The zero-order chi connectivity index (χ0) is 11.7. The topological polar surface area (TPSA) is 29.3 Å². The van der Waals surface area contributed by atoms with Crippen LogP contribution in [0.1, 0.15) is 25.3 Å². The first-order valence-corrected chi connectivity index (χ1v) is 6.28. The molecule has 0 bridgehead atoms. The number of nitrogens with zero attached hydrogens (tertiary/aromatic N) is 1. The first-order valence-electron chi connectivity index (χ1n) is 5.49. The Balaban J connectivity index is 2.30. The number of benzene rings is 1. The standard InChI is InChI=1S/C12H15ClN2S/c1-2-15(9-4-5-9)11-6-3-8(12(14)16)7-10(11)13/h3,6-7,9H,2,4-5H2,1H3,(H2,14,16). The third kappa shape index (κ3) is 2.30. The van der Waals surface area contributed by atoms with Gasteiger partial charge < -0.3 is 10.6 Å². The Morgan fingerprint density at radius 2 is 2.25 bits per heavy atom. The van der Waals surface area contributed by atoms with E-state index in [0.717, 1.165) is 22.8 Å². The first-order chi connectivity index (χ1) is 7.63. The molecule has 2 N–H and O–H groups in total. The van der Waals surface area contributed by atoms with Crippen molar-refractivity contribution in [3.05, 3.63) is 28.8 Å². The molecule has 4 heteroatoms. The molecule has 1 aromatic carbocycles. The zero-order valence-electron chi connectivity index (χ0n) is 9.24. The van der Waals surface area contributed by atoms with Gasteiger partial charge in [0.1, 0.15) is 4.99 Å². The molecule has 1 fully saturated rings. The Morgan fingerprint density at radius 1 is 1.56 bits per heavy atom. The SMILES string of the molecule is CCN(c1ccc(C(N)=S)cc1Cl)C1CC1. The van der Waals surface area contributed by atoms with E-state index in [1.165, 1.54) is 12.8 Å². The molecular weight excluding hydrogens is 240 g/mol. The molecule has 1 aromatic rings. The average molecular weight is 255 g/mol. The van der Waals surface area contributed by atoms with Crippen molar-refractivity contribution < 1.29 is 0 Å². The molecule has 0 spiro atoms. The second-order valence-electron chi connectivity index (χ2n) is 4.05.